The number of nitrogens with one attached hydrogen (secondary N) is 1. The molecule has 0 aliphatic carbocycles. The maximum absolute atomic E-state index is 12.0. The highest BCUT2D eigenvalue weighted by atomic mass is 16.5. The number of nitrogens with zero attached hydrogens (tertiary/aromatic N) is 1. The largest absolute Gasteiger partial charge is 0.494 e. The van der Waals surface area contributed by atoms with E-state index in [-0.39, 0.29) is 5.91 Å². The smallest absolute Gasteiger partial charge is 0.238 e. The fraction of sp³-hybridized carbons (Fsp3) is 0.353. The van der Waals surface area contributed by atoms with Gasteiger partial charge in [-0.1, -0.05) is 25.1 Å². The minimum Gasteiger partial charge on any atom is -0.494 e. The van der Waals surface area contributed by atoms with Crippen molar-refractivity contribution in [3.63, 3.8) is 0 Å². The molecule has 1 amide bonds. The van der Waals surface area contributed by atoms with E-state index in [1.54, 1.807) is 12.2 Å². The molecule has 4 nitrogen and oxygen atoms in total. The zero-order valence-electron chi connectivity index (χ0n) is 12.7. The minimum absolute atomic E-state index is 0.0636. The highest BCUT2D eigenvalue weighted by Gasteiger charge is 2.08. The van der Waals surface area contributed by atoms with Crippen LogP contribution in [0.2, 0.25) is 0 Å². The molecular weight excluding hydrogens is 264 g/mol. The van der Waals surface area contributed by atoms with Crippen molar-refractivity contribution in [2.24, 2.45) is 0 Å². The molecule has 0 bridgehead atoms. The first kappa shape index (κ1) is 17.0. The number of hydrogen-bond donors (Lipinski definition) is 1. The van der Waals surface area contributed by atoms with Crippen LogP contribution >= 0.6 is 0 Å². The average molecular weight is 288 g/mol. The van der Waals surface area contributed by atoms with E-state index >= 15 is 0 Å². The first-order chi connectivity index (χ1) is 10.2. The van der Waals surface area contributed by atoms with Gasteiger partial charge in [0, 0.05) is 24.8 Å². The van der Waals surface area contributed by atoms with E-state index in [1.807, 2.05) is 29.2 Å². The summed E-state index contributed by atoms with van der Waals surface area (Å²) in [6.07, 6.45) is 4.50. The third kappa shape index (κ3) is 6.77. The van der Waals surface area contributed by atoms with Crippen LogP contribution in [0, 0.1) is 0 Å². The molecule has 0 unspecified atom stereocenters. The second kappa shape index (κ2) is 9.77. The Bertz CT molecular complexity index is 462. The monoisotopic (exact) mass is 288 g/mol. The van der Waals surface area contributed by atoms with Gasteiger partial charge < -0.3 is 10.1 Å². The zero-order chi connectivity index (χ0) is 15.5. The number of ether oxygens (including phenoxy) is 1. The lowest BCUT2D eigenvalue weighted by Crippen LogP contribution is -2.33. The summed E-state index contributed by atoms with van der Waals surface area (Å²) in [6.45, 7) is 11.7. The van der Waals surface area contributed by atoms with E-state index in [9.17, 15) is 4.79 Å². The molecular formula is C17H24N2O2. The maximum Gasteiger partial charge on any atom is 0.238 e. The summed E-state index contributed by atoms with van der Waals surface area (Å²) in [5.41, 5.74) is 0.741. The van der Waals surface area contributed by atoms with Crippen molar-refractivity contribution < 1.29 is 9.53 Å². The molecule has 0 aromatic heterocycles. The first-order valence-electron chi connectivity index (χ1n) is 7.16. The van der Waals surface area contributed by atoms with Crippen molar-refractivity contribution in [1.82, 2.24) is 4.90 Å². The molecule has 0 aliphatic rings. The van der Waals surface area contributed by atoms with Crippen molar-refractivity contribution >= 4 is 11.6 Å². The molecule has 1 aromatic carbocycles. The molecule has 21 heavy (non-hydrogen) atoms. The van der Waals surface area contributed by atoms with Crippen LogP contribution in [0.25, 0.3) is 0 Å². The number of benzene rings is 1. The van der Waals surface area contributed by atoms with Gasteiger partial charge in [-0.3, -0.25) is 9.69 Å². The van der Waals surface area contributed by atoms with E-state index in [2.05, 4.69) is 25.4 Å². The third-order valence-corrected chi connectivity index (χ3v) is 2.73. The van der Waals surface area contributed by atoms with Crippen molar-refractivity contribution in [2.45, 2.75) is 13.3 Å². The summed E-state index contributed by atoms with van der Waals surface area (Å²) in [6, 6.07) is 7.43. The molecule has 0 aliphatic heterocycles. The van der Waals surface area contributed by atoms with E-state index < -0.39 is 0 Å². The number of hydrogen-bond acceptors (Lipinski definition) is 3. The fourth-order valence-corrected chi connectivity index (χ4v) is 1.86. The Morgan fingerprint density at radius 2 is 2.05 bits per heavy atom. The molecule has 4 heteroatoms. The highest BCUT2D eigenvalue weighted by molar-refractivity contribution is 5.92. The summed E-state index contributed by atoms with van der Waals surface area (Å²) in [4.78, 5) is 14.0. The number of amides is 1. The number of carbonyl (C=O) groups excluding carboxylic acids is 1. The van der Waals surface area contributed by atoms with Crippen LogP contribution in [0.1, 0.15) is 13.3 Å². The molecule has 0 radical (unpaired) electrons. The third-order valence-electron chi connectivity index (χ3n) is 2.73. The van der Waals surface area contributed by atoms with Crippen molar-refractivity contribution in [3.05, 3.63) is 49.6 Å². The van der Waals surface area contributed by atoms with Crippen LogP contribution in [-0.4, -0.2) is 37.0 Å². The van der Waals surface area contributed by atoms with Gasteiger partial charge in [0.2, 0.25) is 5.91 Å². The topological polar surface area (TPSA) is 41.6 Å². The lowest BCUT2D eigenvalue weighted by molar-refractivity contribution is -0.117. The summed E-state index contributed by atoms with van der Waals surface area (Å²) < 4.78 is 5.55. The van der Waals surface area contributed by atoms with Gasteiger partial charge in [-0.25, -0.2) is 0 Å². The molecule has 0 heterocycles. The quantitative estimate of drug-likeness (QED) is 0.673. The lowest BCUT2D eigenvalue weighted by Gasteiger charge is -2.18. The van der Waals surface area contributed by atoms with E-state index in [4.69, 9.17) is 4.74 Å². The minimum atomic E-state index is -0.0636. The normalized spacial score (nSPS) is 10.2. The highest BCUT2D eigenvalue weighted by Crippen LogP contribution is 2.17. The maximum atomic E-state index is 12.0. The van der Waals surface area contributed by atoms with Gasteiger partial charge in [0.1, 0.15) is 5.75 Å². The van der Waals surface area contributed by atoms with Gasteiger partial charge in [-0.05, 0) is 18.6 Å². The summed E-state index contributed by atoms with van der Waals surface area (Å²) in [7, 11) is 0. The molecule has 1 rings (SSSR count). The first-order valence-corrected chi connectivity index (χ1v) is 7.16. The molecule has 0 saturated heterocycles. The molecule has 0 saturated carbocycles. The molecule has 0 spiro atoms. The Morgan fingerprint density at radius 3 is 2.67 bits per heavy atom. The van der Waals surface area contributed by atoms with E-state index in [1.165, 1.54) is 0 Å². The van der Waals surface area contributed by atoms with Crippen LogP contribution < -0.4 is 10.1 Å². The number of carbonyl (C=O) groups is 1. The number of anilines is 1. The predicted molar refractivity (Wildman–Crippen MR) is 87.7 cm³/mol. The van der Waals surface area contributed by atoms with E-state index in [0.29, 0.717) is 26.2 Å². The second-order valence-corrected chi connectivity index (χ2v) is 4.70. The molecule has 0 fully saturated rings. The fourth-order valence-electron chi connectivity index (χ4n) is 1.86. The molecule has 1 aromatic rings. The van der Waals surface area contributed by atoms with Gasteiger partial charge in [-0.2, -0.15) is 0 Å². The summed E-state index contributed by atoms with van der Waals surface area (Å²) in [5, 5.41) is 2.88. The van der Waals surface area contributed by atoms with Crippen LogP contribution in [0.15, 0.2) is 49.6 Å². The van der Waals surface area contributed by atoms with Crippen LogP contribution in [0.4, 0.5) is 5.69 Å². The Kier molecular flexibility index (Phi) is 7.90. The van der Waals surface area contributed by atoms with Crippen LogP contribution in [0.5, 0.6) is 5.75 Å². The molecule has 0 atom stereocenters. The van der Waals surface area contributed by atoms with Gasteiger partial charge in [0.15, 0.2) is 0 Å². The Labute approximate surface area is 127 Å². The van der Waals surface area contributed by atoms with Crippen LogP contribution in [0.3, 0.4) is 0 Å². The Hall–Kier alpha value is -2.07. The number of rotatable bonds is 10. The van der Waals surface area contributed by atoms with Gasteiger partial charge in [0.05, 0.1) is 13.2 Å². The standard InChI is InChI=1S/C17H24N2O2/c1-4-10-19(11-5-2)14-17(20)18-15-8-7-9-16(13-15)21-12-6-3/h4-5,7-9,13H,1-2,6,10-12,14H2,3H3,(H,18,20). The van der Waals surface area contributed by atoms with Crippen molar-refractivity contribution in [2.75, 3.05) is 31.6 Å². The van der Waals surface area contributed by atoms with Gasteiger partial charge in [-0.15, -0.1) is 13.2 Å². The lowest BCUT2D eigenvalue weighted by atomic mass is 10.3. The van der Waals surface area contributed by atoms with Gasteiger partial charge >= 0.3 is 0 Å². The second-order valence-electron chi connectivity index (χ2n) is 4.70. The molecule has 1 N–H and O–H groups in total. The van der Waals surface area contributed by atoms with E-state index in [0.717, 1.165) is 17.9 Å². The Morgan fingerprint density at radius 1 is 1.33 bits per heavy atom. The van der Waals surface area contributed by atoms with Crippen molar-refractivity contribution in [3.8, 4) is 5.75 Å². The Balaban J connectivity index is 2.56. The summed E-state index contributed by atoms with van der Waals surface area (Å²) in [5.74, 6) is 0.704. The SMILES string of the molecule is C=CCN(CC=C)CC(=O)Nc1cccc(OCCC)c1. The van der Waals surface area contributed by atoms with Gasteiger partial charge in [0.25, 0.3) is 0 Å². The zero-order valence-corrected chi connectivity index (χ0v) is 12.7. The van der Waals surface area contributed by atoms with Crippen molar-refractivity contribution in [1.29, 1.82) is 0 Å². The summed E-state index contributed by atoms with van der Waals surface area (Å²) >= 11 is 0. The predicted octanol–water partition coefficient (Wildman–Crippen LogP) is 3.09. The molecule has 114 valence electrons. The van der Waals surface area contributed by atoms with Crippen LogP contribution in [-0.2, 0) is 4.79 Å². The average Bonchev–Trinajstić information content (AvgIpc) is 2.46.